The lowest BCUT2D eigenvalue weighted by Gasteiger charge is -2.49. The summed E-state index contributed by atoms with van der Waals surface area (Å²) in [5.41, 5.74) is 1.34. The van der Waals surface area contributed by atoms with Crippen LogP contribution >= 0.6 is 0 Å². The Labute approximate surface area is 324 Å². The zero-order valence-corrected chi connectivity index (χ0v) is 30.1. The minimum Gasteiger partial charge on any atom is -0.445 e. The fourth-order valence-corrected chi connectivity index (χ4v) is 7.43. The van der Waals surface area contributed by atoms with Gasteiger partial charge in [0.25, 0.3) is 0 Å². The maximum absolute atomic E-state index is 13.3. The summed E-state index contributed by atoms with van der Waals surface area (Å²) in [4.78, 5) is 50.7. The molecule has 1 saturated carbocycles. The van der Waals surface area contributed by atoms with Gasteiger partial charge in [-0.25, -0.2) is 19.2 Å². The second kappa shape index (κ2) is 17.7. The van der Waals surface area contributed by atoms with E-state index in [1.165, 1.54) is 0 Å². The summed E-state index contributed by atoms with van der Waals surface area (Å²) in [5.74, 6) is 0. The molecule has 5 fully saturated rings. The number of aliphatic hydroxyl groups excluding tert-OH is 5. The number of rotatable bonds is 11. The van der Waals surface area contributed by atoms with Crippen LogP contribution in [0.1, 0.15) is 17.5 Å². The predicted molar refractivity (Wildman–Crippen MR) is 185 cm³/mol. The lowest BCUT2D eigenvalue weighted by atomic mass is 9.83. The van der Waals surface area contributed by atoms with Crippen molar-refractivity contribution in [1.82, 2.24) is 21.3 Å². The average molecular weight is 805 g/mol. The maximum Gasteiger partial charge on any atom is 0.408 e. The lowest BCUT2D eigenvalue weighted by molar-refractivity contribution is -0.333. The van der Waals surface area contributed by atoms with Crippen molar-refractivity contribution < 1.29 is 82.6 Å². The van der Waals surface area contributed by atoms with E-state index in [2.05, 4.69) is 21.3 Å². The van der Waals surface area contributed by atoms with Crippen molar-refractivity contribution in [3.63, 3.8) is 0 Å². The smallest absolute Gasteiger partial charge is 0.408 e. The van der Waals surface area contributed by atoms with Gasteiger partial charge in [-0.05, 0) is 17.5 Å². The third kappa shape index (κ3) is 9.16. The summed E-state index contributed by atoms with van der Waals surface area (Å²) in [6, 6.07) is 14.0. The van der Waals surface area contributed by atoms with E-state index >= 15 is 0 Å². The number of carbonyl (C=O) groups excluding carboxylic acids is 4. The standard InChI is InChI=1S/C36H44N4O17/c41-13-21-23(42)22-30(57-36(49)40-22)32(53-21)55-28-19(39-35(48)51-15-17-9-5-2-6-10-17)11-18(38-34(47)50-14-16-7-3-1-4-8-16)27(26(28)45)54-31-25(44)24(43)29-20(52-31)12-37-33(46)56-29/h1-10,18-32,41-45H,11-15H2,(H,37,46)(H,38,47)(H,39,48)(H,40,49)/t18-,19+,20-,21-,22+,23-,24-,25-,26-,27+,28-,29-,30-,31-,32-/m1/s1. The van der Waals surface area contributed by atoms with Gasteiger partial charge in [0.05, 0.1) is 25.2 Å². The molecule has 7 rings (SSSR count). The van der Waals surface area contributed by atoms with Gasteiger partial charge in [-0.1, -0.05) is 60.7 Å². The highest BCUT2D eigenvalue weighted by Gasteiger charge is 2.57. The Kier molecular flexibility index (Phi) is 12.6. The maximum atomic E-state index is 13.3. The van der Waals surface area contributed by atoms with Crippen LogP contribution in [-0.2, 0) is 51.1 Å². The number of carbonyl (C=O) groups is 4. The highest BCUT2D eigenvalue weighted by Crippen LogP contribution is 2.35. The normalized spacial score (nSPS) is 37.2. The zero-order valence-electron chi connectivity index (χ0n) is 30.1. The van der Waals surface area contributed by atoms with E-state index in [1.807, 2.05) is 0 Å². The first-order chi connectivity index (χ1) is 27.5. The number of ether oxygens (including phenoxy) is 8. The Morgan fingerprint density at radius 3 is 1.84 bits per heavy atom. The largest absolute Gasteiger partial charge is 0.445 e. The van der Waals surface area contributed by atoms with E-state index in [0.29, 0.717) is 11.1 Å². The van der Waals surface area contributed by atoms with Crippen LogP contribution in [0.3, 0.4) is 0 Å². The molecule has 4 saturated heterocycles. The first-order valence-corrected chi connectivity index (χ1v) is 18.3. The minimum absolute atomic E-state index is 0.122. The first-order valence-electron chi connectivity index (χ1n) is 18.3. The second-order valence-corrected chi connectivity index (χ2v) is 14.1. The Bertz CT molecular complexity index is 1710. The third-order valence-corrected chi connectivity index (χ3v) is 10.3. The van der Waals surface area contributed by atoms with Gasteiger partial charge in [-0.2, -0.15) is 0 Å². The summed E-state index contributed by atoms with van der Waals surface area (Å²) < 4.78 is 45.4. The predicted octanol–water partition coefficient (Wildman–Crippen LogP) is -1.78. The number of benzene rings is 2. The summed E-state index contributed by atoms with van der Waals surface area (Å²) in [6.07, 6.45) is -21.9. The van der Waals surface area contributed by atoms with Gasteiger partial charge in [0.2, 0.25) is 0 Å². The Morgan fingerprint density at radius 1 is 0.702 bits per heavy atom. The van der Waals surface area contributed by atoms with Crippen LogP contribution in [0, 0.1) is 0 Å². The summed E-state index contributed by atoms with van der Waals surface area (Å²) in [5, 5.41) is 65.0. The molecule has 0 aromatic heterocycles. The van der Waals surface area contributed by atoms with E-state index in [9.17, 15) is 44.7 Å². The zero-order chi connectivity index (χ0) is 40.2. The molecule has 0 unspecified atom stereocenters. The van der Waals surface area contributed by atoms with Gasteiger partial charge in [0.15, 0.2) is 24.8 Å². The van der Waals surface area contributed by atoms with Crippen LogP contribution in [0.25, 0.3) is 0 Å². The van der Waals surface area contributed by atoms with Gasteiger partial charge >= 0.3 is 24.4 Å². The molecule has 2 aromatic rings. The number of hydrogen-bond acceptors (Lipinski definition) is 17. The van der Waals surface area contributed by atoms with Crippen molar-refractivity contribution in [2.24, 2.45) is 0 Å². The molecular formula is C36H44N4O17. The number of nitrogens with one attached hydrogen (secondary N) is 4. The highest BCUT2D eigenvalue weighted by atomic mass is 16.7. The van der Waals surface area contributed by atoms with Crippen molar-refractivity contribution in [2.75, 3.05) is 13.2 Å². The minimum atomic E-state index is -1.86. The van der Waals surface area contributed by atoms with Crippen molar-refractivity contribution in [3.8, 4) is 0 Å². The van der Waals surface area contributed by atoms with E-state index in [-0.39, 0.29) is 26.2 Å². The quantitative estimate of drug-likeness (QED) is 0.114. The van der Waals surface area contributed by atoms with Crippen LogP contribution in [0.2, 0.25) is 0 Å². The number of fused-ring (bicyclic) bond motifs is 2. The molecule has 5 aliphatic rings. The topological polar surface area (TPSA) is 291 Å². The number of amides is 4. The molecule has 0 radical (unpaired) electrons. The molecule has 9 N–H and O–H groups in total. The third-order valence-electron chi connectivity index (χ3n) is 10.3. The van der Waals surface area contributed by atoms with Crippen molar-refractivity contribution in [1.29, 1.82) is 0 Å². The second-order valence-electron chi connectivity index (χ2n) is 14.1. The molecule has 21 nitrogen and oxygen atoms in total. The van der Waals surface area contributed by atoms with Gasteiger partial charge in [0.1, 0.15) is 68.1 Å². The van der Waals surface area contributed by atoms with Crippen molar-refractivity contribution >= 4 is 24.4 Å². The molecule has 1 aliphatic carbocycles. The fourth-order valence-electron chi connectivity index (χ4n) is 7.43. The molecule has 0 bridgehead atoms. The number of alkyl carbamates (subject to hydrolysis) is 4. The molecule has 0 spiro atoms. The SMILES string of the molecule is O=C(N[C@H]1C[C@@H](NC(=O)OCc2ccccc2)[C@H](O[C@H]2O[C@@H]3CNC(=O)O[C@H]3[C@H](O)[C@H]2O)[C@@H](O)[C@@H]1O[C@H]1O[C@H](CO)[C@@H](O)[C@@H]2NC(=O)O[C@@H]12)OCc1ccccc1. The number of aliphatic hydroxyl groups is 5. The van der Waals surface area contributed by atoms with Crippen molar-refractivity contribution in [3.05, 3.63) is 71.8 Å². The molecule has 15 atom stereocenters. The monoisotopic (exact) mass is 804 g/mol. The Balaban J connectivity index is 1.16. The van der Waals surface area contributed by atoms with E-state index in [0.717, 1.165) is 0 Å². The summed E-state index contributed by atoms with van der Waals surface area (Å²) in [7, 11) is 0. The van der Waals surface area contributed by atoms with E-state index in [4.69, 9.17) is 37.9 Å². The van der Waals surface area contributed by atoms with E-state index in [1.54, 1.807) is 60.7 Å². The van der Waals surface area contributed by atoms with Gasteiger partial charge in [-0.15, -0.1) is 0 Å². The Morgan fingerprint density at radius 2 is 1.26 bits per heavy atom. The van der Waals surface area contributed by atoms with Crippen LogP contribution in [0.5, 0.6) is 0 Å². The molecule has 2 aromatic carbocycles. The molecule has 4 aliphatic heterocycles. The number of hydrogen-bond donors (Lipinski definition) is 9. The van der Waals surface area contributed by atoms with Crippen LogP contribution in [0.15, 0.2) is 60.7 Å². The average Bonchev–Trinajstić information content (AvgIpc) is 3.62. The fraction of sp³-hybridized carbons (Fsp3) is 0.556. The van der Waals surface area contributed by atoms with Crippen LogP contribution in [0.4, 0.5) is 19.2 Å². The van der Waals surface area contributed by atoms with Crippen LogP contribution < -0.4 is 21.3 Å². The molecule has 4 amide bonds. The van der Waals surface area contributed by atoms with Crippen molar-refractivity contribution in [2.45, 2.75) is 111 Å². The van der Waals surface area contributed by atoms with Gasteiger partial charge < -0.3 is 84.7 Å². The summed E-state index contributed by atoms with van der Waals surface area (Å²) >= 11 is 0. The molecule has 4 heterocycles. The highest BCUT2D eigenvalue weighted by molar-refractivity contribution is 5.71. The first kappa shape index (κ1) is 40.4. The molecule has 21 heteroatoms. The molecule has 57 heavy (non-hydrogen) atoms. The molecule has 310 valence electrons. The van der Waals surface area contributed by atoms with Crippen LogP contribution in [-0.4, -0.2) is 155 Å². The summed E-state index contributed by atoms with van der Waals surface area (Å²) in [6.45, 7) is -1.09. The lowest BCUT2D eigenvalue weighted by Crippen LogP contribution is -2.70. The van der Waals surface area contributed by atoms with Gasteiger partial charge in [-0.3, -0.25) is 0 Å². The van der Waals surface area contributed by atoms with E-state index < -0.39 is 123 Å². The van der Waals surface area contributed by atoms with Gasteiger partial charge in [0, 0.05) is 0 Å². The Hall–Kier alpha value is -4.84. The molecular weight excluding hydrogens is 760 g/mol.